The molecule has 28 heavy (non-hydrogen) atoms. The fraction of sp³-hybridized carbons (Fsp3) is 0.667. The van der Waals surface area contributed by atoms with Crippen LogP contribution in [0.15, 0.2) is 12.7 Å². The van der Waals surface area contributed by atoms with Crippen LogP contribution in [0.5, 0.6) is 0 Å². The highest BCUT2D eigenvalue weighted by molar-refractivity contribution is 5.82. The molecule has 0 bridgehead atoms. The van der Waals surface area contributed by atoms with E-state index in [9.17, 15) is 23.4 Å². The van der Waals surface area contributed by atoms with Gasteiger partial charge in [0.05, 0.1) is 25.6 Å². The predicted molar refractivity (Wildman–Crippen MR) is 86.1 cm³/mol. The molecule has 2 saturated heterocycles. The molecule has 3 N–H and O–H groups in total. The minimum absolute atomic E-state index is 0.0716. The Balaban J connectivity index is 1.55. The topological polar surface area (TPSA) is 124 Å². The second-order valence-corrected chi connectivity index (χ2v) is 6.55. The predicted octanol–water partition coefficient (Wildman–Crippen LogP) is 0.183. The summed E-state index contributed by atoms with van der Waals surface area (Å²) in [5.74, 6) is 0.462. The Kier molecular flexibility index (Phi) is 5.09. The van der Waals surface area contributed by atoms with Gasteiger partial charge in [-0.15, -0.1) is 13.2 Å². The van der Waals surface area contributed by atoms with Gasteiger partial charge in [-0.2, -0.15) is 0 Å². The van der Waals surface area contributed by atoms with Crippen molar-refractivity contribution in [1.29, 1.82) is 0 Å². The summed E-state index contributed by atoms with van der Waals surface area (Å²) in [6, 6.07) is 0.0716. The van der Waals surface area contributed by atoms with Crippen molar-refractivity contribution >= 4 is 17.0 Å². The first-order valence-corrected chi connectivity index (χ1v) is 8.57. The van der Waals surface area contributed by atoms with Gasteiger partial charge in [0.25, 0.3) is 0 Å². The highest BCUT2D eigenvalue weighted by Gasteiger charge is 2.46. The minimum atomic E-state index is -4.87. The van der Waals surface area contributed by atoms with Gasteiger partial charge in [0.2, 0.25) is 0 Å². The average Bonchev–Trinajstić information content (AvgIpc) is 3.35. The van der Waals surface area contributed by atoms with Gasteiger partial charge in [-0.25, -0.2) is 15.0 Å². The molecule has 0 aliphatic carbocycles. The lowest BCUT2D eigenvalue weighted by Crippen LogP contribution is -2.35. The molecule has 0 saturated carbocycles. The van der Waals surface area contributed by atoms with Crippen molar-refractivity contribution in [3.8, 4) is 0 Å². The van der Waals surface area contributed by atoms with E-state index < -0.39 is 37.5 Å². The van der Waals surface area contributed by atoms with Gasteiger partial charge in [-0.3, -0.25) is 9.30 Å². The molecule has 2 aromatic heterocycles. The maximum absolute atomic E-state index is 12.3. The average molecular weight is 405 g/mol. The van der Waals surface area contributed by atoms with Crippen molar-refractivity contribution in [2.24, 2.45) is 0 Å². The maximum Gasteiger partial charge on any atom is 0.522 e. The standard InChI is InChI=1S/C15H18F3N5O5/c16-15(17,18)27-4-8-10(24)11(25)14(28-8)23-6-21-9-12(19-5-20-13(9)23)22-7-1-2-26-3-7/h5-8,10-11,14,24-25H,1-4H2,(H,19,20,22)/t7-,8+,10+,11+,14+/m0/s1. The number of imidazole rings is 1. The molecule has 2 aliphatic heterocycles. The Morgan fingerprint density at radius 2 is 2.07 bits per heavy atom. The highest BCUT2D eigenvalue weighted by atomic mass is 19.4. The van der Waals surface area contributed by atoms with Gasteiger partial charge in [-0.05, 0) is 6.42 Å². The van der Waals surface area contributed by atoms with Crippen molar-refractivity contribution in [2.45, 2.75) is 43.4 Å². The van der Waals surface area contributed by atoms with Crippen LogP contribution in [0, 0.1) is 0 Å². The van der Waals surface area contributed by atoms with E-state index in [4.69, 9.17) is 9.47 Å². The Bertz CT molecular complexity index is 828. The van der Waals surface area contributed by atoms with Crippen LogP contribution in [-0.2, 0) is 14.2 Å². The van der Waals surface area contributed by atoms with Crippen LogP contribution in [-0.4, -0.2) is 80.3 Å². The van der Waals surface area contributed by atoms with Gasteiger partial charge >= 0.3 is 6.36 Å². The van der Waals surface area contributed by atoms with Crippen LogP contribution >= 0.6 is 0 Å². The number of nitrogens with zero attached hydrogens (tertiary/aromatic N) is 4. The number of aliphatic hydroxyl groups is 2. The van der Waals surface area contributed by atoms with Gasteiger partial charge in [-0.1, -0.05) is 0 Å². The third-order valence-electron chi connectivity index (χ3n) is 4.65. The molecular weight excluding hydrogens is 387 g/mol. The lowest BCUT2D eigenvalue weighted by Gasteiger charge is -2.17. The van der Waals surface area contributed by atoms with Crippen LogP contribution in [0.2, 0.25) is 0 Å². The molecular formula is C15H18F3N5O5. The van der Waals surface area contributed by atoms with Crippen LogP contribution < -0.4 is 5.32 Å². The second kappa shape index (κ2) is 7.40. The third kappa shape index (κ3) is 3.75. The fourth-order valence-corrected chi connectivity index (χ4v) is 3.26. The lowest BCUT2D eigenvalue weighted by atomic mass is 10.1. The fourth-order valence-electron chi connectivity index (χ4n) is 3.26. The van der Waals surface area contributed by atoms with E-state index in [2.05, 4.69) is 25.0 Å². The maximum atomic E-state index is 12.3. The summed E-state index contributed by atoms with van der Waals surface area (Å²) in [5.41, 5.74) is 0.694. The number of aromatic nitrogens is 4. The zero-order chi connectivity index (χ0) is 19.9. The number of fused-ring (bicyclic) bond motifs is 1. The zero-order valence-electron chi connectivity index (χ0n) is 14.4. The van der Waals surface area contributed by atoms with E-state index in [0.29, 0.717) is 30.2 Å². The number of rotatable bonds is 5. The summed E-state index contributed by atoms with van der Waals surface area (Å²) >= 11 is 0. The normalized spacial score (nSPS) is 31.0. The van der Waals surface area contributed by atoms with Crippen LogP contribution in [0.1, 0.15) is 12.6 Å². The molecule has 10 nitrogen and oxygen atoms in total. The highest BCUT2D eigenvalue weighted by Crippen LogP contribution is 2.33. The first-order valence-electron chi connectivity index (χ1n) is 8.57. The molecule has 2 aromatic rings. The Morgan fingerprint density at radius 3 is 2.79 bits per heavy atom. The first kappa shape index (κ1) is 19.3. The third-order valence-corrected chi connectivity index (χ3v) is 4.65. The summed E-state index contributed by atoms with van der Waals surface area (Å²) in [6.07, 6.45) is -7.05. The zero-order valence-corrected chi connectivity index (χ0v) is 14.4. The minimum Gasteiger partial charge on any atom is -0.387 e. The summed E-state index contributed by atoms with van der Waals surface area (Å²) in [4.78, 5) is 12.5. The number of anilines is 1. The number of hydrogen-bond acceptors (Lipinski definition) is 9. The van der Waals surface area contributed by atoms with Crippen molar-refractivity contribution < 1.29 is 37.6 Å². The summed E-state index contributed by atoms with van der Waals surface area (Å²) < 4.78 is 52.5. The summed E-state index contributed by atoms with van der Waals surface area (Å²) in [6.45, 7) is 0.222. The van der Waals surface area contributed by atoms with E-state index in [1.165, 1.54) is 17.2 Å². The van der Waals surface area contributed by atoms with Gasteiger partial charge < -0.3 is 25.0 Å². The SMILES string of the molecule is O[C@@H]1[C@H](O)[C@@H](COC(F)(F)F)O[C@H]1n1cnc2c(N[C@H]3CCOC3)ncnc21. The molecule has 4 heterocycles. The van der Waals surface area contributed by atoms with E-state index in [0.717, 1.165) is 6.42 Å². The lowest BCUT2D eigenvalue weighted by molar-refractivity contribution is -0.333. The molecule has 154 valence electrons. The number of aliphatic hydroxyl groups excluding tert-OH is 2. The molecule has 0 radical (unpaired) electrons. The van der Waals surface area contributed by atoms with Gasteiger partial charge in [0.15, 0.2) is 23.2 Å². The molecule has 0 amide bonds. The van der Waals surface area contributed by atoms with Gasteiger partial charge in [0.1, 0.15) is 24.6 Å². The van der Waals surface area contributed by atoms with Gasteiger partial charge in [0, 0.05) is 6.61 Å². The molecule has 13 heteroatoms. The number of nitrogens with one attached hydrogen (secondary N) is 1. The van der Waals surface area contributed by atoms with Crippen LogP contribution in [0.4, 0.5) is 19.0 Å². The van der Waals surface area contributed by atoms with E-state index in [1.807, 2.05) is 0 Å². The largest absolute Gasteiger partial charge is 0.522 e. The van der Waals surface area contributed by atoms with E-state index in [-0.39, 0.29) is 6.04 Å². The number of halogens is 3. The molecule has 4 rings (SSSR count). The Morgan fingerprint density at radius 1 is 1.25 bits per heavy atom. The Hall–Kier alpha value is -2.06. The van der Waals surface area contributed by atoms with Crippen molar-refractivity contribution in [3.63, 3.8) is 0 Å². The van der Waals surface area contributed by atoms with Crippen LogP contribution in [0.3, 0.4) is 0 Å². The number of alkyl halides is 3. The monoisotopic (exact) mass is 405 g/mol. The van der Waals surface area contributed by atoms with E-state index >= 15 is 0 Å². The molecule has 2 fully saturated rings. The quantitative estimate of drug-likeness (QED) is 0.639. The smallest absolute Gasteiger partial charge is 0.387 e. The van der Waals surface area contributed by atoms with E-state index in [1.54, 1.807) is 0 Å². The molecule has 2 aliphatic rings. The summed E-state index contributed by atoms with van der Waals surface area (Å²) in [5, 5.41) is 23.5. The van der Waals surface area contributed by atoms with Crippen molar-refractivity contribution in [2.75, 3.05) is 25.1 Å². The second-order valence-electron chi connectivity index (χ2n) is 6.55. The first-order chi connectivity index (χ1) is 13.3. The Labute approximate surface area is 156 Å². The van der Waals surface area contributed by atoms with Crippen LogP contribution in [0.25, 0.3) is 11.2 Å². The van der Waals surface area contributed by atoms with Crippen molar-refractivity contribution in [1.82, 2.24) is 19.5 Å². The summed E-state index contributed by atoms with van der Waals surface area (Å²) in [7, 11) is 0. The number of hydrogen-bond donors (Lipinski definition) is 3. The van der Waals surface area contributed by atoms with Crippen molar-refractivity contribution in [3.05, 3.63) is 12.7 Å². The molecule has 5 atom stereocenters. The molecule has 0 aromatic carbocycles. The molecule has 0 spiro atoms. The molecule has 0 unspecified atom stereocenters. The number of ether oxygens (including phenoxy) is 3.